The van der Waals surface area contributed by atoms with Crippen LogP contribution in [-0.2, 0) is 0 Å². The van der Waals surface area contributed by atoms with Crippen LogP contribution in [0.2, 0.25) is 0 Å². The summed E-state index contributed by atoms with van der Waals surface area (Å²) in [5.41, 5.74) is 1.67. The SMILES string of the molecule is CCC(C)(C)CNC(C)c1ccc(OCC(C)C)cc1. The molecule has 0 aliphatic rings. The van der Waals surface area contributed by atoms with Crippen molar-refractivity contribution >= 4 is 0 Å². The first-order valence-corrected chi connectivity index (χ1v) is 7.80. The Morgan fingerprint density at radius 1 is 1.10 bits per heavy atom. The first-order valence-electron chi connectivity index (χ1n) is 7.80. The average Bonchev–Trinajstić information content (AvgIpc) is 2.43. The summed E-state index contributed by atoms with van der Waals surface area (Å²) in [5, 5.41) is 3.62. The Labute approximate surface area is 124 Å². The number of hydrogen-bond acceptors (Lipinski definition) is 2. The zero-order chi connectivity index (χ0) is 15.2. The summed E-state index contributed by atoms with van der Waals surface area (Å²) in [7, 11) is 0. The summed E-state index contributed by atoms with van der Waals surface area (Å²) >= 11 is 0. The van der Waals surface area contributed by atoms with Gasteiger partial charge < -0.3 is 10.1 Å². The van der Waals surface area contributed by atoms with Crippen molar-refractivity contribution in [2.75, 3.05) is 13.2 Å². The molecule has 1 unspecified atom stereocenters. The van der Waals surface area contributed by atoms with Crippen molar-refractivity contribution in [2.24, 2.45) is 11.3 Å². The maximum Gasteiger partial charge on any atom is 0.119 e. The number of benzene rings is 1. The van der Waals surface area contributed by atoms with E-state index in [-0.39, 0.29) is 0 Å². The van der Waals surface area contributed by atoms with Gasteiger partial charge in [-0.1, -0.05) is 46.8 Å². The van der Waals surface area contributed by atoms with Crippen molar-refractivity contribution in [3.8, 4) is 5.75 Å². The van der Waals surface area contributed by atoms with Crippen LogP contribution in [0, 0.1) is 11.3 Å². The molecule has 0 aliphatic heterocycles. The lowest BCUT2D eigenvalue weighted by Crippen LogP contribution is -2.30. The molecule has 1 aromatic carbocycles. The Hall–Kier alpha value is -1.02. The number of hydrogen-bond donors (Lipinski definition) is 1. The molecule has 0 bridgehead atoms. The van der Waals surface area contributed by atoms with Gasteiger partial charge in [0.05, 0.1) is 6.61 Å². The second-order valence-corrected chi connectivity index (χ2v) is 6.89. The minimum absolute atomic E-state index is 0.356. The first-order chi connectivity index (χ1) is 9.34. The lowest BCUT2D eigenvalue weighted by molar-refractivity contribution is 0.271. The van der Waals surface area contributed by atoms with E-state index in [1.165, 1.54) is 12.0 Å². The van der Waals surface area contributed by atoms with E-state index < -0.39 is 0 Å². The standard InChI is InChI=1S/C18H31NO/c1-7-18(5,6)13-19-15(4)16-8-10-17(11-9-16)20-12-14(2)3/h8-11,14-15,19H,7,12-13H2,1-6H3. The van der Waals surface area contributed by atoms with Crippen LogP contribution < -0.4 is 10.1 Å². The van der Waals surface area contributed by atoms with Crippen LogP contribution in [0.1, 0.15) is 59.6 Å². The van der Waals surface area contributed by atoms with E-state index in [4.69, 9.17) is 4.74 Å². The van der Waals surface area contributed by atoms with Gasteiger partial charge in [-0.25, -0.2) is 0 Å². The van der Waals surface area contributed by atoms with Crippen LogP contribution in [0.4, 0.5) is 0 Å². The van der Waals surface area contributed by atoms with Gasteiger partial charge in [-0.3, -0.25) is 0 Å². The van der Waals surface area contributed by atoms with E-state index in [1.54, 1.807) is 0 Å². The summed E-state index contributed by atoms with van der Waals surface area (Å²) in [5.74, 6) is 1.52. The third kappa shape index (κ3) is 5.96. The fraction of sp³-hybridized carbons (Fsp3) is 0.667. The highest BCUT2D eigenvalue weighted by Crippen LogP contribution is 2.22. The highest BCUT2D eigenvalue weighted by atomic mass is 16.5. The Kier molecular flexibility index (Phi) is 6.54. The van der Waals surface area contributed by atoms with Crippen LogP contribution in [0.5, 0.6) is 5.75 Å². The lowest BCUT2D eigenvalue weighted by atomic mass is 9.90. The molecule has 1 atom stereocenters. The van der Waals surface area contributed by atoms with Crippen molar-refractivity contribution in [1.82, 2.24) is 5.32 Å². The van der Waals surface area contributed by atoms with Gasteiger partial charge in [-0.2, -0.15) is 0 Å². The monoisotopic (exact) mass is 277 g/mol. The van der Waals surface area contributed by atoms with Crippen molar-refractivity contribution in [3.05, 3.63) is 29.8 Å². The molecule has 2 nitrogen and oxygen atoms in total. The van der Waals surface area contributed by atoms with E-state index >= 15 is 0 Å². The summed E-state index contributed by atoms with van der Waals surface area (Å²) in [4.78, 5) is 0. The molecule has 0 aromatic heterocycles. The van der Waals surface area contributed by atoms with E-state index in [1.807, 2.05) is 0 Å². The predicted molar refractivity (Wildman–Crippen MR) is 87.3 cm³/mol. The smallest absolute Gasteiger partial charge is 0.119 e. The Balaban J connectivity index is 2.51. The molecule has 0 aliphatic carbocycles. The summed E-state index contributed by atoms with van der Waals surface area (Å²) < 4.78 is 5.71. The van der Waals surface area contributed by atoms with E-state index in [9.17, 15) is 0 Å². The third-order valence-electron chi connectivity index (χ3n) is 3.81. The fourth-order valence-electron chi connectivity index (χ4n) is 1.79. The van der Waals surface area contributed by atoms with Gasteiger partial charge in [0.15, 0.2) is 0 Å². The molecule has 0 spiro atoms. The predicted octanol–water partition coefficient (Wildman–Crippen LogP) is 4.81. The first kappa shape index (κ1) is 17.0. The van der Waals surface area contributed by atoms with Gasteiger partial charge in [0, 0.05) is 12.6 Å². The molecule has 0 saturated carbocycles. The lowest BCUT2D eigenvalue weighted by Gasteiger charge is -2.26. The molecule has 114 valence electrons. The molecule has 20 heavy (non-hydrogen) atoms. The highest BCUT2D eigenvalue weighted by Gasteiger charge is 2.16. The molecule has 0 saturated heterocycles. The Morgan fingerprint density at radius 3 is 2.20 bits per heavy atom. The van der Waals surface area contributed by atoms with Crippen LogP contribution in [0.3, 0.4) is 0 Å². The normalized spacial score (nSPS) is 13.6. The maximum atomic E-state index is 5.71. The zero-order valence-electron chi connectivity index (χ0n) is 14.0. The van der Waals surface area contributed by atoms with E-state index in [0.29, 0.717) is 17.4 Å². The third-order valence-corrected chi connectivity index (χ3v) is 3.81. The van der Waals surface area contributed by atoms with Gasteiger partial charge in [-0.05, 0) is 42.4 Å². The van der Waals surface area contributed by atoms with Crippen molar-refractivity contribution in [2.45, 2.75) is 54.0 Å². The van der Waals surface area contributed by atoms with Crippen LogP contribution >= 0.6 is 0 Å². The Bertz CT molecular complexity index is 381. The van der Waals surface area contributed by atoms with Gasteiger partial charge in [0.2, 0.25) is 0 Å². The van der Waals surface area contributed by atoms with Crippen molar-refractivity contribution < 1.29 is 4.74 Å². The minimum Gasteiger partial charge on any atom is -0.493 e. The molecule has 1 N–H and O–H groups in total. The van der Waals surface area contributed by atoms with E-state index in [0.717, 1.165) is 18.9 Å². The zero-order valence-corrected chi connectivity index (χ0v) is 14.0. The van der Waals surface area contributed by atoms with Crippen LogP contribution in [0.15, 0.2) is 24.3 Å². The van der Waals surface area contributed by atoms with Gasteiger partial charge in [-0.15, -0.1) is 0 Å². The Morgan fingerprint density at radius 2 is 1.70 bits per heavy atom. The largest absolute Gasteiger partial charge is 0.493 e. The van der Waals surface area contributed by atoms with Crippen LogP contribution in [-0.4, -0.2) is 13.2 Å². The fourth-order valence-corrected chi connectivity index (χ4v) is 1.79. The highest BCUT2D eigenvalue weighted by molar-refractivity contribution is 5.28. The van der Waals surface area contributed by atoms with Gasteiger partial charge in [0.25, 0.3) is 0 Å². The molecule has 1 aromatic rings. The van der Waals surface area contributed by atoms with Gasteiger partial charge in [0.1, 0.15) is 5.75 Å². The van der Waals surface area contributed by atoms with Crippen LogP contribution in [0.25, 0.3) is 0 Å². The molecule has 2 heteroatoms. The molecule has 0 radical (unpaired) electrons. The second kappa shape index (κ2) is 7.68. The maximum absolute atomic E-state index is 5.71. The number of ether oxygens (including phenoxy) is 1. The topological polar surface area (TPSA) is 21.3 Å². The minimum atomic E-state index is 0.356. The average molecular weight is 277 g/mol. The molecule has 0 fully saturated rings. The molecular formula is C18H31NO. The summed E-state index contributed by atoms with van der Waals surface area (Å²) in [6.07, 6.45) is 1.19. The van der Waals surface area contributed by atoms with Crippen molar-refractivity contribution in [1.29, 1.82) is 0 Å². The summed E-state index contributed by atoms with van der Waals surface area (Å²) in [6.45, 7) is 15.2. The number of nitrogens with one attached hydrogen (secondary N) is 1. The molecule has 0 heterocycles. The summed E-state index contributed by atoms with van der Waals surface area (Å²) in [6, 6.07) is 8.83. The van der Waals surface area contributed by atoms with E-state index in [2.05, 4.69) is 71.1 Å². The molecule has 1 rings (SSSR count). The molecular weight excluding hydrogens is 246 g/mol. The quantitative estimate of drug-likeness (QED) is 0.736. The van der Waals surface area contributed by atoms with Crippen molar-refractivity contribution in [3.63, 3.8) is 0 Å². The molecule has 0 amide bonds. The van der Waals surface area contributed by atoms with Gasteiger partial charge >= 0.3 is 0 Å². The number of rotatable bonds is 8. The second-order valence-electron chi connectivity index (χ2n) is 6.89.